The van der Waals surface area contributed by atoms with Crippen LogP contribution < -0.4 is 5.32 Å². The van der Waals surface area contributed by atoms with Crippen molar-refractivity contribution >= 4 is 33.5 Å². The van der Waals surface area contributed by atoms with Gasteiger partial charge < -0.3 is 15.4 Å². The summed E-state index contributed by atoms with van der Waals surface area (Å²) in [4.78, 5) is 28.7. The predicted molar refractivity (Wildman–Crippen MR) is 67.6 cm³/mol. The molecule has 0 fully saturated rings. The Hall–Kier alpha value is -2.22. The molecule has 0 aliphatic carbocycles. The molecule has 6 nitrogen and oxygen atoms in total. The number of amides is 1. The number of carboxylic acids is 1. The zero-order valence-corrected chi connectivity index (χ0v) is 10.9. The first-order chi connectivity index (χ1) is 8.99. The number of aromatic nitrogens is 2. The number of carbonyl (C=O) groups excluding carboxylic acids is 1. The highest BCUT2D eigenvalue weighted by Crippen LogP contribution is 2.23. The van der Waals surface area contributed by atoms with Crippen LogP contribution in [0.15, 0.2) is 29.0 Å². The largest absolute Gasteiger partial charge is 0.477 e. The van der Waals surface area contributed by atoms with Crippen LogP contribution >= 0.6 is 15.9 Å². The van der Waals surface area contributed by atoms with Gasteiger partial charge in [-0.05, 0) is 34.1 Å². The van der Waals surface area contributed by atoms with Gasteiger partial charge in [0.05, 0.1) is 12.0 Å². The van der Waals surface area contributed by atoms with Crippen molar-refractivity contribution in [2.24, 2.45) is 0 Å². The molecule has 0 spiro atoms. The zero-order chi connectivity index (χ0) is 14.0. The monoisotopic (exact) mass is 327 g/mol. The molecule has 0 aliphatic heterocycles. The summed E-state index contributed by atoms with van der Waals surface area (Å²) in [7, 11) is 0. The molecule has 0 atom stereocenters. The average Bonchev–Trinajstić information content (AvgIpc) is 2.82. The van der Waals surface area contributed by atoms with E-state index in [-0.39, 0.29) is 11.4 Å². The third-order valence-electron chi connectivity index (χ3n) is 2.25. The van der Waals surface area contributed by atoms with Crippen LogP contribution in [0.1, 0.15) is 21.0 Å². The first-order valence-electron chi connectivity index (χ1n) is 5.02. The molecule has 3 N–H and O–H groups in total. The van der Waals surface area contributed by atoms with Gasteiger partial charge in [0.25, 0.3) is 5.91 Å². The minimum Gasteiger partial charge on any atom is -0.477 e. The van der Waals surface area contributed by atoms with Gasteiger partial charge in [-0.3, -0.25) is 4.79 Å². The van der Waals surface area contributed by atoms with Gasteiger partial charge in [-0.25, -0.2) is 14.2 Å². The number of imidazole rings is 1. The van der Waals surface area contributed by atoms with E-state index in [1.165, 1.54) is 18.2 Å². The average molecular weight is 328 g/mol. The van der Waals surface area contributed by atoms with Gasteiger partial charge >= 0.3 is 5.97 Å². The highest BCUT2D eigenvalue weighted by molar-refractivity contribution is 9.10. The van der Waals surface area contributed by atoms with Gasteiger partial charge in [-0.15, -0.1) is 0 Å². The van der Waals surface area contributed by atoms with E-state index in [2.05, 4.69) is 31.2 Å². The fourth-order valence-electron chi connectivity index (χ4n) is 1.40. The number of halogens is 2. The highest BCUT2D eigenvalue weighted by Gasteiger charge is 2.20. The molecule has 0 radical (unpaired) electrons. The van der Waals surface area contributed by atoms with Crippen molar-refractivity contribution in [1.29, 1.82) is 0 Å². The molecule has 1 aromatic heterocycles. The Kier molecular flexibility index (Phi) is 3.61. The molecule has 1 amide bonds. The van der Waals surface area contributed by atoms with Crippen LogP contribution in [-0.4, -0.2) is 27.0 Å². The molecule has 1 aromatic carbocycles. The maximum absolute atomic E-state index is 12.9. The number of aromatic carboxylic acids is 1. The van der Waals surface area contributed by atoms with Gasteiger partial charge in [0.2, 0.25) is 0 Å². The minimum absolute atomic E-state index is 0.247. The second-order valence-corrected chi connectivity index (χ2v) is 4.36. The SMILES string of the molecule is O=C(Nc1ccc(F)cc1Br)c1nc[nH]c1C(=O)O. The lowest BCUT2D eigenvalue weighted by Crippen LogP contribution is -2.16. The number of nitrogens with one attached hydrogen (secondary N) is 2. The van der Waals surface area contributed by atoms with Crippen molar-refractivity contribution in [1.82, 2.24) is 9.97 Å². The van der Waals surface area contributed by atoms with Crippen molar-refractivity contribution in [2.45, 2.75) is 0 Å². The van der Waals surface area contributed by atoms with Gasteiger partial charge in [0, 0.05) is 4.47 Å². The quantitative estimate of drug-likeness (QED) is 0.805. The minimum atomic E-state index is -1.29. The standard InChI is InChI=1S/C11H7BrFN3O3/c12-6-3-5(13)1-2-7(6)16-10(17)8-9(11(18)19)15-4-14-8/h1-4H,(H,14,15)(H,16,17)(H,18,19). The number of anilines is 1. The predicted octanol–water partition coefficient (Wildman–Crippen LogP) is 2.26. The second-order valence-electron chi connectivity index (χ2n) is 3.51. The number of rotatable bonds is 3. The third kappa shape index (κ3) is 2.79. The first-order valence-corrected chi connectivity index (χ1v) is 5.81. The van der Waals surface area contributed by atoms with Crippen LogP contribution in [0.25, 0.3) is 0 Å². The van der Waals surface area contributed by atoms with E-state index < -0.39 is 17.7 Å². The summed E-state index contributed by atoms with van der Waals surface area (Å²) >= 11 is 3.09. The van der Waals surface area contributed by atoms with Crippen LogP contribution in [0.4, 0.5) is 10.1 Å². The van der Waals surface area contributed by atoms with Crippen molar-refractivity contribution < 1.29 is 19.1 Å². The Morgan fingerprint density at radius 2 is 2.16 bits per heavy atom. The third-order valence-corrected chi connectivity index (χ3v) is 2.90. The van der Waals surface area contributed by atoms with Crippen LogP contribution in [0.3, 0.4) is 0 Å². The number of carboxylic acid groups (broad SMARTS) is 1. The summed E-state index contributed by atoms with van der Waals surface area (Å²) in [6.45, 7) is 0. The number of benzene rings is 1. The smallest absolute Gasteiger partial charge is 0.354 e. The van der Waals surface area contributed by atoms with E-state index >= 15 is 0 Å². The van der Waals surface area contributed by atoms with E-state index in [1.54, 1.807) is 0 Å². The number of hydrogen-bond acceptors (Lipinski definition) is 3. The Bertz CT molecular complexity index is 656. The lowest BCUT2D eigenvalue weighted by molar-refractivity contribution is 0.0686. The van der Waals surface area contributed by atoms with Crippen molar-refractivity contribution in [3.05, 3.63) is 46.2 Å². The van der Waals surface area contributed by atoms with E-state index in [4.69, 9.17) is 5.11 Å². The molecular weight excluding hydrogens is 321 g/mol. The summed E-state index contributed by atoms with van der Waals surface area (Å²) in [5, 5.41) is 11.3. The molecule has 98 valence electrons. The molecule has 0 unspecified atom stereocenters. The lowest BCUT2D eigenvalue weighted by Gasteiger charge is -2.06. The number of H-pyrrole nitrogens is 1. The molecule has 0 saturated carbocycles. The number of nitrogens with zero attached hydrogens (tertiary/aromatic N) is 1. The number of carbonyl (C=O) groups is 2. The summed E-state index contributed by atoms with van der Waals surface area (Å²) in [5.41, 5.74) is -0.245. The Labute approximate surface area is 114 Å². The molecule has 19 heavy (non-hydrogen) atoms. The normalized spacial score (nSPS) is 10.2. The molecule has 0 saturated heterocycles. The Balaban J connectivity index is 2.26. The second kappa shape index (κ2) is 5.19. The summed E-state index contributed by atoms with van der Waals surface area (Å²) < 4.78 is 13.2. The van der Waals surface area contributed by atoms with E-state index in [1.807, 2.05) is 0 Å². The number of hydrogen-bond donors (Lipinski definition) is 3. The zero-order valence-electron chi connectivity index (χ0n) is 9.28. The maximum atomic E-state index is 12.9. The first kappa shape index (κ1) is 13.2. The van der Waals surface area contributed by atoms with Crippen molar-refractivity contribution in [3.63, 3.8) is 0 Å². The van der Waals surface area contributed by atoms with E-state index in [0.717, 1.165) is 6.33 Å². The summed E-state index contributed by atoms with van der Waals surface area (Å²) in [5.74, 6) is -2.46. The van der Waals surface area contributed by atoms with Gasteiger partial charge in [-0.1, -0.05) is 0 Å². The van der Waals surface area contributed by atoms with Gasteiger partial charge in [0.1, 0.15) is 5.82 Å². The van der Waals surface area contributed by atoms with Crippen molar-refractivity contribution in [3.8, 4) is 0 Å². The highest BCUT2D eigenvalue weighted by atomic mass is 79.9. The molecule has 1 heterocycles. The molecular formula is C11H7BrFN3O3. The fraction of sp³-hybridized carbons (Fsp3) is 0. The molecule has 0 aliphatic rings. The van der Waals surface area contributed by atoms with Crippen LogP contribution in [-0.2, 0) is 0 Å². The van der Waals surface area contributed by atoms with Gasteiger partial charge in [0.15, 0.2) is 11.4 Å². The Morgan fingerprint density at radius 1 is 1.42 bits per heavy atom. The van der Waals surface area contributed by atoms with Crippen molar-refractivity contribution in [2.75, 3.05) is 5.32 Å². The fourth-order valence-corrected chi connectivity index (χ4v) is 1.85. The molecule has 2 aromatic rings. The van der Waals surface area contributed by atoms with E-state index in [0.29, 0.717) is 10.2 Å². The Morgan fingerprint density at radius 3 is 2.79 bits per heavy atom. The topological polar surface area (TPSA) is 95.1 Å². The number of aromatic amines is 1. The summed E-state index contributed by atoms with van der Waals surface area (Å²) in [6, 6.07) is 3.70. The maximum Gasteiger partial charge on any atom is 0.354 e. The van der Waals surface area contributed by atoms with Crippen LogP contribution in [0.2, 0.25) is 0 Å². The summed E-state index contributed by atoms with van der Waals surface area (Å²) in [6.07, 6.45) is 1.11. The molecule has 2 rings (SSSR count). The van der Waals surface area contributed by atoms with Crippen LogP contribution in [0.5, 0.6) is 0 Å². The molecule has 0 bridgehead atoms. The van der Waals surface area contributed by atoms with E-state index in [9.17, 15) is 14.0 Å². The van der Waals surface area contributed by atoms with Crippen LogP contribution in [0, 0.1) is 5.82 Å². The molecule has 8 heteroatoms. The van der Waals surface area contributed by atoms with Gasteiger partial charge in [-0.2, -0.15) is 0 Å². The lowest BCUT2D eigenvalue weighted by atomic mass is 10.2.